The normalized spacial score (nSPS) is 25.0. The second-order valence-corrected chi connectivity index (χ2v) is 8.70. The molecule has 3 rings (SSSR count). The van der Waals surface area contributed by atoms with Crippen molar-refractivity contribution in [2.45, 2.75) is 84.8 Å². The van der Waals surface area contributed by atoms with Gasteiger partial charge in [0, 0.05) is 23.0 Å². The average Bonchev–Trinajstić information content (AvgIpc) is 2.58. The van der Waals surface area contributed by atoms with E-state index in [2.05, 4.69) is 38.9 Å². The zero-order valence-electron chi connectivity index (χ0n) is 17.5. The molecule has 0 amide bonds. The summed E-state index contributed by atoms with van der Waals surface area (Å²) in [7, 11) is 0. The predicted octanol–water partition coefficient (Wildman–Crippen LogP) is 5.93. The van der Waals surface area contributed by atoms with Gasteiger partial charge in [0.2, 0.25) is 0 Å². The molecule has 2 aliphatic rings. The van der Waals surface area contributed by atoms with E-state index in [4.69, 9.17) is 9.57 Å². The van der Waals surface area contributed by atoms with Crippen LogP contribution in [0.2, 0.25) is 0 Å². The van der Waals surface area contributed by atoms with Gasteiger partial charge in [-0.05, 0) is 66.0 Å². The minimum absolute atomic E-state index is 0.0871. The van der Waals surface area contributed by atoms with E-state index in [-0.39, 0.29) is 11.7 Å². The number of ether oxygens (including phenoxy) is 1. The lowest BCUT2D eigenvalue weighted by atomic mass is 9.67. The van der Waals surface area contributed by atoms with Crippen molar-refractivity contribution in [2.75, 3.05) is 0 Å². The maximum absolute atomic E-state index is 10.8. The number of fused-ring (bicyclic) bond motifs is 3. The third kappa shape index (κ3) is 3.99. The van der Waals surface area contributed by atoms with E-state index in [1.54, 1.807) is 6.07 Å². The van der Waals surface area contributed by atoms with Crippen LogP contribution >= 0.6 is 0 Å². The van der Waals surface area contributed by atoms with Gasteiger partial charge in [0.15, 0.2) is 0 Å². The molecule has 4 heteroatoms. The van der Waals surface area contributed by atoms with Crippen LogP contribution in [0.3, 0.4) is 0 Å². The number of nitrogens with zero attached hydrogens (tertiary/aromatic N) is 1. The maximum atomic E-state index is 10.8. The third-order valence-electron chi connectivity index (χ3n) is 5.99. The van der Waals surface area contributed by atoms with Crippen LogP contribution in [0, 0.1) is 5.92 Å². The van der Waals surface area contributed by atoms with E-state index in [1.165, 1.54) is 5.57 Å². The van der Waals surface area contributed by atoms with Gasteiger partial charge in [0.05, 0.1) is 5.71 Å². The standard InChI is InChI=1S/C23H33NO3/c1-7-8-15(3)27-24-16(4)17-12-20(25)22-18-11-14(2)9-10-19(18)23(5,6)26-21(22)13-17/h9,12-13,15,18-19,25H,7-8,10-11H2,1-6H3/b24-16+/t15?,18-,19-/m0/s1. The minimum atomic E-state index is -0.267. The topological polar surface area (TPSA) is 51.0 Å². The molecule has 1 heterocycles. The number of phenolic OH excluding ortho intramolecular Hbond substituents is 1. The van der Waals surface area contributed by atoms with Gasteiger partial charge in [-0.3, -0.25) is 0 Å². The lowest BCUT2D eigenvalue weighted by molar-refractivity contribution is 0.00759. The summed E-state index contributed by atoms with van der Waals surface area (Å²) in [5.41, 5.74) is 3.66. The molecule has 1 unspecified atom stereocenters. The van der Waals surface area contributed by atoms with Crippen LogP contribution in [-0.4, -0.2) is 22.5 Å². The molecule has 148 valence electrons. The first-order valence-corrected chi connectivity index (χ1v) is 10.1. The van der Waals surface area contributed by atoms with Crippen molar-refractivity contribution in [3.8, 4) is 11.5 Å². The lowest BCUT2D eigenvalue weighted by Gasteiger charge is -2.47. The molecule has 1 aromatic rings. The van der Waals surface area contributed by atoms with Crippen molar-refractivity contribution in [1.82, 2.24) is 0 Å². The molecular weight excluding hydrogens is 338 g/mol. The van der Waals surface area contributed by atoms with Gasteiger partial charge in [-0.25, -0.2) is 0 Å². The zero-order chi connectivity index (χ0) is 19.8. The van der Waals surface area contributed by atoms with E-state index in [0.29, 0.717) is 17.6 Å². The van der Waals surface area contributed by atoms with Crippen molar-refractivity contribution >= 4 is 5.71 Å². The smallest absolute Gasteiger partial charge is 0.127 e. The minimum Gasteiger partial charge on any atom is -0.507 e. The fourth-order valence-electron chi connectivity index (χ4n) is 4.45. The number of rotatable bonds is 5. The fraction of sp³-hybridized carbons (Fsp3) is 0.609. The first-order valence-electron chi connectivity index (χ1n) is 10.1. The molecule has 0 saturated heterocycles. The summed E-state index contributed by atoms with van der Waals surface area (Å²) < 4.78 is 6.37. The Morgan fingerprint density at radius 3 is 2.85 bits per heavy atom. The molecule has 1 aromatic carbocycles. The Bertz CT molecular complexity index is 763. The van der Waals surface area contributed by atoms with Crippen LogP contribution < -0.4 is 4.74 Å². The van der Waals surface area contributed by atoms with E-state index < -0.39 is 0 Å². The van der Waals surface area contributed by atoms with E-state index in [1.807, 2.05) is 19.9 Å². The zero-order valence-corrected chi connectivity index (χ0v) is 17.5. The van der Waals surface area contributed by atoms with Crippen LogP contribution in [0.25, 0.3) is 0 Å². The van der Waals surface area contributed by atoms with Crippen LogP contribution in [-0.2, 0) is 4.84 Å². The van der Waals surface area contributed by atoms with Gasteiger partial charge < -0.3 is 14.7 Å². The van der Waals surface area contributed by atoms with Crippen molar-refractivity contribution in [3.05, 3.63) is 34.9 Å². The maximum Gasteiger partial charge on any atom is 0.127 e. The summed E-state index contributed by atoms with van der Waals surface area (Å²) in [6, 6.07) is 3.81. The Morgan fingerprint density at radius 2 is 2.15 bits per heavy atom. The first kappa shape index (κ1) is 19.8. The molecule has 0 spiro atoms. The van der Waals surface area contributed by atoms with Gasteiger partial charge in [-0.2, -0.15) is 0 Å². The number of allylic oxidation sites excluding steroid dienone is 2. The summed E-state index contributed by atoms with van der Waals surface area (Å²) in [4.78, 5) is 5.58. The number of hydrogen-bond acceptors (Lipinski definition) is 4. The number of hydrogen-bond donors (Lipinski definition) is 1. The Kier molecular flexibility index (Phi) is 5.55. The highest BCUT2D eigenvalue weighted by molar-refractivity contribution is 5.99. The van der Waals surface area contributed by atoms with Gasteiger partial charge in [-0.15, -0.1) is 0 Å². The van der Waals surface area contributed by atoms with E-state index in [0.717, 1.165) is 48.3 Å². The second kappa shape index (κ2) is 7.57. The molecule has 1 N–H and O–H groups in total. The van der Waals surface area contributed by atoms with Gasteiger partial charge in [-0.1, -0.05) is 30.1 Å². The van der Waals surface area contributed by atoms with Crippen molar-refractivity contribution in [2.24, 2.45) is 11.1 Å². The van der Waals surface area contributed by atoms with Crippen LogP contribution in [0.4, 0.5) is 0 Å². The van der Waals surface area contributed by atoms with Crippen LogP contribution in [0.15, 0.2) is 28.9 Å². The summed E-state index contributed by atoms with van der Waals surface area (Å²) in [5.74, 6) is 1.75. The molecule has 3 atom stereocenters. The third-order valence-corrected chi connectivity index (χ3v) is 5.99. The van der Waals surface area contributed by atoms with Crippen molar-refractivity contribution in [1.29, 1.82) is 0 Å². The van der Waals surface area contributed by atoms with Gasteiger partial charge in [0.25, 0.3) is 0 Å². The monoisotopic (exact) mass is 371 g/mol. The summed E-state index contributed by atoms with van der Waals surface area (Å²) in [6.07, 6.45) is 6.40. The molecule has 0 aromatic heterocycles. The Balaban J connectivity index is 1.94. The molecule has 0 bridgehead atoms. The van der Waals surface area contributed by atoms with Gasteiger partial charge >= 0.3 is 0 Å². The lowest BCUT2D eigenvalue weighted by Crippen LogP contribution is -2.45. The quantitative estimate of drug-likeness (QED) is 0.396. The van der Waals surface area contributed by atoms with Crippen LogP contribution in [0.5, 0.6) is 11.5 Å². The van der Waals surface area contributed by atoms with Crippen LogP contribution in [0.1, 0.15) is 84.3 Å². The largest absolute Gasteiger partial charge is 0.507 e. The predicted molar refractivity (Wildman–Crippen MR) is 110 cm³/mol. The molecule has 0 fully saturated rings. The highest BCUT2D eigenvalue weighted by atomic mass is 16.6. The Labute approximate surface area is 163 Å². The molecule has 0 saturated carbocycles. The Morgan fingerprint density at radius 1 is 1.41 bits per heavy atom. The first-order chi connectivity index (χ1) is 12.7. The molecule has 4 nitrogen and oxygen atoms in total. The SMILES string of the molecule is CCCC(C)O/N=C(\C)c1cc(O)c2c(c1)OC(C)(C)[C@H]1CC=C(C)C[C@H]21. The van der Waals surface area contributed by atoms with Gasteiger partial charge in [0.1, 0.15) is 23.2 Å². The Hall–Kier alpha value is -1.97. The van der Waals surface area contributed by atoms with Crippen molar-refractivity contribution < 1.29 is 14.7 Å². The number of benzene rings is 1. The molecular formula is C23H33NO3. The number of aromatic hydroxyl groups is 1. The molecule has 1 aliphatic carbocycles. The summed E-state index contributed by atoms with van der Waals surface area (Å²) >= 11 is 0. The number of oxime groups is 1. The molecule has 0 radical (unpaired) electrons. The van der Waals surface area contributed by atoms with Crippen molar-refractivity contribution in [3.63, 3.8) is 0 Å². The summed E-state index contributed by atoms with van der Waals surface area (Å²) in [5, 5.41) is 15.1. The average molecular weight is 372 g/mol. The molecule has 1 aliphatic heterocycles. The number of phenols is 1. The fourth-order valence-corrected chi connectivity index (χ4v) is 4.45. The highest BCUT2D eigenvalue weighted by Crippen LogP contribution is 2.54. The van der Waals surface area contributed by atoms with E-state index in [9.17, 15) is 5.11 Å². The second-order valence-electron chi connectivity index (χ2n) is 8.70. The highest BCUT2D eigenvalue weighted by Gasteiger charge is 2.45. The summed E-state index contributed by atoms with van der Waals surface area (Å²) in [6.45, 7) is 12.5. The van der Waals surface area contributed by atoms with E-state index >= 15 is 0 Å². The molecule has 27 heavy (non-hydrogen) atoms.